The zero-order chi connectivity index (χ0) is 20.3. The molecule has 0 radical (unpaired) electrons. The quantitative estimate of drug-likeness (QED) is 0.678. The summed E-state index contributed by atoms with van der Waals surface area (Å²) in [5.41, 5.74) is 1.07. The standard InChI is InChI=1S/C20H25N5O3/c1-5-25(11-16-21-14-9-7-6-8-13(14)19(27)22-16)12-17(26)23-18-10-15(24-28-18)20(2,3)4/h6-10H,5,11-12H2,1-4H3,(H,23,26)(H,21,22,27). The van der Waals surface area contributed by atoms with Crippen LogP contribution in [0.1, 0.15) is 39.2 Å². The van der Waals surface area contributed by atoms with Gasteiger partial charge in [-0.25, -0.2) is 4.98 Å². The van der Waals surface area contributed by atoms with Crippen LogP contribution >= 0.6 is 0 Å². The number of nitrogens with one attached hydrogen (secondary N) is 2. The van der Waals surface area contributed by atoms with Crippen LogP contribution in [-0.4, -0.2) is 39.0 Å². The molecule has 0 bridgehead atoms. The zero-order valence-corrected chi connectivity index (χ0v) is 16.6. The third-order valence-electron chi connectivity index (χ3n) is 4.39. The Hall–Kier alpha value is -3.00. The molecule has 8 nitrogen and oxygen atoms in total. The van der Waals surface area contributed by atoms with E-state index in [4.69, 9.17) is 4.52 Å². The van der Waals surface area contributed by atoms with Gasteiger partial charge in [0, 0.05) is 11.5 Å². The molecule has 1 aromatic carbocycles. The number of hydrogen-bond acceptors (Lipinski definition) is 6. The van der Waals surface area contributed by atoms with Crippen LogP contribution in [0.5, 0.6) is 0 Å². The Labute approximate surface area is 162 Å². The molecule has 0 fully saturated rings. The minimum atomic E-state index is -0.221. The van der Waals surface area contributed by atoms with Gasteiger partial charge in [0.05, 0.1) is 29.7 Å². The van der Waals surface area contributed by atoms with Crippen molar-refractivity contribution < 1.29 is 9.32 Å². The molecule has 0 saturated carbocycles. The molecule has 3 rings (SSSR count). The van der Waals surface area contributed by atoms with Crippen molar-refractivity contribution in [2.45, 2.75) is 39.7 Å². The molecule has 0 unspecified atom stereocenters. The lowest BCUT2D eigenvalue weighted by Gasteiger charge is -2.18. The molecule has 0 aliphatic carbocycles. The van der Waals surface area contributed by atoms with Crippen LogP contribution in [-0.2, 0) is 16.8 Å². The Balaban J connectivity index is 1.66. The van der Waals surface area contributed by atoms with Crippen molar-refractivity contribution in [2.75, 3.05) is 18.4 Å². The molecular formula is C20H25N5O3. The van der Waals surface area contributed by atoms with Crippen LogP contribution in [0.4, 0.5) is 5.88 Å². The first kappa shape index (κ1) is 19.8. The third-order valence-corrected chi connectivity index (χ3v) is 4.39. The van der Waals surface area contributed by atoms with E-state index in [0.29, 0.717) is 35.7 Å². The van der Waals surface area contributed by atoms with E-state index in [1.54, 1.807) is 24.3 Å². The highest BCUT2D eigenvalue weighted by atomic mass is 16.5. The minimum absolute atomic E-state index is 0.137. The Morgan fingerprint density at radius 1 is 1.29 bits per heavy atom. The number of rotatable bonds is 6. The molecule has 0 atom stereocenters. The van der Waals surface area contributed by atoms with E-state index < -0.39 is 0 Å². The van der Waals surface area contributed by atoms with E-state index in [0.717, 1.165) is 5.69 Å². The maximum absolute atomic E-state index is 12.4. The molecule has 28 heavy (non-hydrogen) atoms. The average Bonchev–Trinajstić information content (AvgIpc) is 3.10. The van der Waals surface area contributed by atoms with Gasteiger partial charge in [0.2, 0.25) is 11.8 Å². The predicted molar refractivity (Wildman–Crippen MR) is 107 cm³/mol. The fourth-order valence-corrected chi connectivity index (χ4v) is 2.77. The number of nitrogens with zero attached hydrogens (tertiary/aromatic N) is 3. The summed E-state index contributed by atoms with van der Waals surface area (Å²) in [6, 6.07) is 8.91. The Morgan fingerprint density at radius 2 is 2.04 bits per heavy atom. The molecule has 2 heterocycles. The number of aromatic amines is 1. The molecule has 3 aromatic rings. The van der Waals surface area contributed by atoms with Crippen molar-refractivity contribution in [1.82, 2.24) is 20.0 Å². The fourth-order valence-electron chi connectivity index (χ4n) is 2.77. The maximum Gasteiger partial charge on any atom is 0.258 e. The van der Waals surface area contributed by atoms with Crippen molar-refractivity contribution in [1.29, 1.82) is 0 Å². The largest absolute Gasteiger partial charge is 0.338 e. The van der Waals surface area contributed by atoms with Crippen LogP contribution in [0.15, 0.2) is 39.6 Å². The SMILES string of the molecule is CCN(CC(=O)Nc1cc(C(C)(C)C)no1)Cc1nc2ccccc2c(=O)[nH]1. The maximum atomic E-state index is 12.4. The topological polar surface area (TPSA) is 104 Å². The van der Waals surface area contributed by atoms with E-state index in [1.807, 2.05) is 38.7 Å². The van der Waals surface area contributed by atoms with Crippen LogP contribution in [0.2, 0.25) is 0 Å². The number of likely N-dealkylation sites (N-methyl/N-ethyl adjacent to an activating group) is 1. The molecule has 2 N–H and O–H groups in total. The number of carbonyl (C=O) groups excluding carboxylic acids is 1. The van der Waals surface area contributed by atoms with Crippen LogP contribution in [0.25, 0.3) is 10.9 Å². The van der Waals surface area contributed by atoms with E-state index >= 15 is 0 Å². The monoisotopic (exact) mass is 383 g/mol. The van der Waals surface area contributed by atoms with Gasteiger partial charge in [0.25, 0.3) is 5.56 Å². The molecule has 1 amide bonds. The molecule has 0 aliphatic heterocycles. The summed E-state index contributed by atoms with van der Waals surface area (Å²) in [5.74, 6) is 0.623. The summed E-state index contributed by atoms with van der Waals surface area (Å²) in [6.45, 7) is 9.12. The lowest BCUT2D eigenvalue weighted by molar-refractivity contribution is -0.117. The number of fused-ring (bicyclic) bond motifs is 1. The first-order chi connectivity index (χ1) is 13.3. The van der Waals surface area contributed by atoms with Gasteiger partial charge in [-0.1, -0.05) is 45.0 Å². The van der Waals surface area contributed by atoms with E-state index in [1.165, 1.54) is 0 Å². The second-order valence-electron chi connectivity index (χ2n) is 7.71. The number of aromatic nitrogens is 3. The number of anilines is 1. The highest BCUT2D eigenvalue weighted by Crippen LogP contribution is 2.23. The summed E-state index contributed by atoms with van der Waals surface area (Å²) in [6.07, 6.45) is 0. The van der Waals surface area contributed by atoms with Gasteiger partial charge >= 0.3 is 0 Å². The molecule has 0 spiro atoms. The number of para-hydroxylation sites is 1. The second kappa shape index (κ2) is 7.93. The van der Waals surface area contributed by atoms with Crippen molar-refractivity contribution >= 4 is 22.7 Å². The number of amides is 1. The molecular weight excluding hydrogens is 358 g/mol. The number of benzene rings is 1. The smallest absolute Gasteiger partial charge is 0.258 e. The lowest BCUT2D eigenvalue weighted by Crippen LogP contribution is -2.33. The van der Waals surface area contributed by atoms with Crippen molar-refractivity contribution in [2.24, 2.45) is 0 Å². The van der Waals surface area contributed by atoms with Crippen molar-refractivity contribution in [3.63, 3.8) is 0 Å². The summed E-state index contributed by atoms with van der Waals surface area (Å²) in [5, 5.41) is 7.27. The first-order valence-electron chi connectivity index (χ1n) is 9.23. The normalized spacial score (nSPS) is 11.9. The number of hydrogen-bond donors (Lipinski definition) is 2. The first-order valence-corrected chi connectivity index (χ1v) is 9.23. The van der Waals surface area contributed by atoms with Gasteiger partial charge in [-0.3, -0.25) is 19.8 Å². The van der Waals surface area contributed by atoms with Crippen LogP contribution in [0, 0.1) is 0 Å². The van der Waals surface area contributed by atoms with E-state index in [2.05, 4.69) is 20.4 Å². The highest BCUT2D eigenvalue weighted by Gasteiger charge is 2.20. The summed E-state index contributed by atoms with van der Waals surface area (Å²) in [4.78, 5) is 33.7. The Morgan fingerprint density at radius 3 is 2.71 bits per heavy atom. The van der Waals surface area contributed by atoms with E-state index in [-0.39, 0.29) is 23.4 Å². The lowest BCUT2D eigenvalue weighted by atomic mass is 9.92. The fraction of sp³-hybridized carbons (Fsp3) is 0.400. The molecule has 8 heteroatoms. The highest BCUT2D eigenvalue weighted by molar-refractivity contribution is 5.91. The second-order valence-corrected chi connectivity index (χ2v) is 7.71. The Kier molecular flexibility index (Phi) is 5.60. The molecule has 0 aliphatic rings. The third kappa shape index (κ3) is 4.64. The van der Waals surface area contributed by atoms with Crippen LogP contribution in [0.3, 0.4) is 0 Å². The van der Waals surface area contributed by atoms with Gasteiger partial charge in [-0.2, -0.15) is 0 Å². The van der Waals surface area contributed by atoms with Gasteiger partial charge < -0.3 is 9.51 Å². The van der Waals surface area contributed by atoms with Crippen molar-refractivity contribution in [3.05, 3.63) is 52.2 Å². The average molecular weight is 383 g/mol. The Bertz CT molecular complexity index is 1030. The molecule has 2 aromatic heterocycles. The minimum Gasteiger partial charge on any atom is -0.338 e. The molecule has 0 saturated heterocycles. The van der Waals surface area contributed by atoms with E-state index in [9.17, 15) is 9.59 Å². The van der Waals surface area contributed by atoms with Gasteiger partial charge in [-0.05, 0) is 18.7 Å². The summed E-state index contributed by atoms with van der Waals surface area (Å²) >= 11 is 0. The van der Waals surface area contributed by atoms with Crippen molar-refractivity contribution in [3.8, 4) is 0 Å². The number of H-pyrrole nitrogens is 1. The summed E-state index contributed by atoms with van der Waals surface area (Å²) in [7, 11) is 0. The predicted octanol–water partition coefficient (Wildman–Crippen LogP) is 2.67. The molecule has 148 valence electrons. The van der Waals surface area contributed by atoms with Gasteiger partial charge in [0.15, 0.2) is 0 Å². The van der Waals surface area contributed by atoms with Gasteiger partial charge in [-0.15, -0.1) is 0 Å². The van der Waals surface area contributed by atoms with Crippen LogP contribution < -0.4 is 10.9 Å². The zero-order valence-electron chi connectivity index (χ0n) is 16.6. The number of carbonyl (C=O) groups is 1. The summed E-state index contributed by atoms with van der Waals surface area (Å²) < 4.78 is 5.20. The van der Waals surface area contributed by atoms with Gasteiger partial charge in [0.1, 0.15) is 5.82 Å².